The minimum absolute atomic E-state index is 0.430. The maximum atomic E-state index is 12.8. The van der Waals surface area contributed by atoms with Crippen molar-refractivity contribution in [3.8, 4) is 11.4 Å². The van der Waals surface area contributed by atoms with Gasteiger partial charge in [-0.1, -0.05) is 60.7 Å². The molecule has 0 aliphatic carbocycles. The summed E-state index contributed by atoms with van der Waals surface area (Å²) in [6.45, 7) is 0.430. The highest BCUT2D eigenvalue weighted by Gasteiger charge is 2.26. The van der Waals surface area contributed by atoms with Crippen molar-refractivity contribution in [3.63, 3.8) is 0 Å². The van der Waals surface area contributed by atoms with Crippen molar-refractivity contribution in [1.82, 2.24) is 9.97 Å². The Balaban J connectivity index is 1.51. The molecule has 1 unspecified atom stereocenters. The molecule has 0 radical (unpaired) electrons. The molecule has 1 aromatic heterocycles. The van der Waals surface area contributed by atoms with Crippen molar-refractivity contribution >= 4 is 23.4 Å². The first-order valence-electron chi connectivity index (χ1n) is 10.1. The molecule has 150 valence electrons. The molecule has 2 aliphatic rings. The molecule has 2 aliphatic heterocycles. The summed E-state index contributed by atoms with van der Waals surface area (Å²) in [6.07, 6.45) is 4.21. The van der Waals surface area contributed by atoms with Gasteiger partial charge >= 0.3 is 7.12 Å². The minimum atomic E-state index is -1.06. The molecule has 0 spiro atoms. The summed E-state index contributed by atoms with van der Waals surface area (Å²) < 4.78 is 18.0. The van der Waals surface area contributed by atoms with E-state index in [0.29, 0.717) is 24.6 Å². The molecule has 0 saturated heterocycles. The van der Waals surface area contributed by atoms with Gasteiger partial charge in [-0.2, -0.15) is 0 Å². The van der Waals surface area contributed by atoms with E-state index >= 15 is 0 Å². The van der Waals surface area contributed by atoms with Gasteiger partial charge in [0.05, 0.1) is 33.7 Å². The molecule has 7 heteroatoms. The molecular formula is C23H21BN2O3S. The lowest BCUT2D eigenvalue weighted by molar-refractivity contribution is 0.316. The van der Waals surface area contributed by atoms with Crippen LogP contribution >= 0.6 is 0 Å². The van der Waals surface area contributed by atoms with Gasteiger partial charge in [0.15, 0.2) is 5.82 Å². The highest BCUT2D eigenvalue weighted by Crippen LogP contribution is 2.29. The number of rotatable bonds is 4. The predicted molar refractivity (Wildman–Crippen MR) is 118 cm³/mol. The monoisotopic (exact) mass is 416 g/mol. The minimum Gasteiger partial charge on any atom is -0.423 e. The van der Waals surface area contributed by atoms with E-state index in [1.165, 1.54) is 0 Å². The number of fused-ring (bicyclic) bond motifs is 1. The van der Waals surface area contributed by atoms with E-state index in [1.807, 2.05) is 60.7 Å². The Bertz CT molecular complexity index is 1130. The van der Waals surface area contributed by atoms with Crippen LogP contribution in [0.15, 0.2) is 65.6 Å². The van der Waals surface area contributed by atoms with Crippen LogP contribution in [-0.2, 0) is 28.3 Å². The normalized spacial score (nSPS) is 18.2. The van der Waals surface area contributed by atoms with E-state index in [9.17, 15) is 9.23 Å². The van der Waals surface area contributed by atoms with E-state index < -0.39 is 17.9 Å². The highest BCUT2D eigenvalue weighted by molar-refractivity contribution is 7.85. The molecule has 0 amide bonds. The quantitative estimate of drug-likeness (QED) is 0.662. The first kappa shape index (κ1) is 19.4. The summed E-state index contributed by atoms with van der Waals surface area (Å²) in [4.78, 5) is 10.4. The number of hydrogen-bond donors (Lipinski definition) is 1. The highest BCUT2D eigenvalue weighted by atomic mass is 32.2. The largest absolute Gasteiger partial charge is 0.491 e. The standard InChI is InChI=1S/C23H21BN2O3S/c27-24-19(12-13-29-24)17-10-8-16(9-11-17)15-21-22-20(7-4-14-30(22)28)25-23(26-21)18-5-2-1-3-6-18/h1-3,5-6,8-12,27H,4,7,13-15H2. The zero-order valence-electron chi connectivity index (χ0n) is 16.5. The number of aryl methyl sites for hydroxylation is 1. The van der Waals surface area contributed by atoms with Gasteiger partial charge in [-0.05, 0) is 29.4 Å². The summed E-state index contributed by atoms with van der Waals surface area (Å²) in [5.41, 5.74) is 5.55. The molecule has 5 rings (SSSR count). The zero-order chi connectivity index (χ0) is 20.5. The molecule has 3 aromatic rings. The van der Waals surface area contributed by atoms with Crippen LogP contribution in [0.25, 0.3) is 16.9 Å². The topological polar surface area (TPSA) is 72.3 Å². The molecule has 1 N–H and O–H groups in total. The first-order valence-corrected chi connectivity index (χ1v) is 11.4. The third-order valence-electron chi connectivity index (χ3n) is 5.49. The van der Waals surface area contributed by atoms with Gasteiger partial charge in [0, 0.05) is 17.7 Å². The SMILES string of the molecule is O=S1CCCc2nc(-c3ccccc3)nc(Cc3ccc(C4=CCOB4O)cc3)c21. The second kappa shape index (κ2) is 8.26. The lowest BCUT2D eigenvalue weighted by Gasteiger charge is -2.19. The molecule has 1 atom stereocenters. The average Bonchev–Trinajstić information content (AvgIpc) is 3.20. The lowest BCUT2D eigenvalue weighted by atomic mass is 9.76. The number of aromatic nitrogens is 2. The lowest BCUT2D eigenvalue weighted by Crippen LogP contribution is -2.17. The van der Waals surface area contributed by atoms with E-state index in [1.54, 1.807) is 0 Å². The van der Waals surface area contributed by atoms with Crippen molar-refractivity contribution in [2.75, 3.05) is 12.4 Å². The van der Waals surface area contributed by atoms with Crippen LogP contribution < -0.4 is 0 Å². The van der Waals surface area contributed by atoms with Crippen molar-refractivity contribution < 1.29 is 13.9 Å². The Hall–Kier alpha value is -2.61. The average molecular weight is 416 g/mol. The van der Waals surface area contributed by atoms with Gasteiger partial charge in [0.25, 0.3) is 0 Å². The molecule has 30 heavy (non-hydrogen) atoms. The van der Waals surface area contributed by atoms with Crippen molar-refractivity contribution in [2.24, 2.45) is 0 Å². The fourth-order valence-electron chi connectivity index (χ4n) is 3.98. The summed E-state index contributed by atoms with van der Waals surface area (Å²) in [5.74, 6) is 1.36. The van der Waals surface area contributed by atoms with Crippen LogP contribution in [0.4, 0.5) is 0 Å². The Morgan fingerprint density at radius 1 is 1.03 bits per heavy atom. The molecule has 5 nitrogen and oxygen atoms in total. The van der Waals surface area contributed by atoms with E-state index in [4.69, 9.17) is 14.6 Å². The second-order valence-corrected chi connectivity index (χ2v) is 9.02. The summed E-state index contributed by atoms with van der Waals surface area (Å²) in [7, 11) is -1.92. The fourth-order valence-corrected chi connectivity index (χ4v) is 5.38. The fraction of sp³-hybridized carbons (Fsp3) is 0.217. The molecule has 0 fully saturated rings. The van der Waals surface area contributed by atoms with E-state index in [2.05, 4.69) is 0 Å². The van der Waals surface area contributed by atoms with Gasteiger partial charge in [0.2, 0.25) is 0 Å². The van der Waals surface area contributed by atoms with Crippen molar-refractivity contribution in [1.29, 1.82) is 0 Å². The Morgan fingerprint density at radius 3 is 2.57 bits per heavy atom. The number of hydrogen-bond acceptors (Lipinski definition) is 5. The first-order chi connectivity index (χ1) is 14.7. The van der Waals surface area contributed by atoms with E-state index in [0.717, 1.165) is 51.3 Å². The molecular weight excluding hydrogens is 395 g/mol. The maximum Gasteiger partial charge on any atom is 0.491 e. The summed E-state index contributed by atoms with van der Waals surface area (Å²) >= 11 is 0. The van der Waals surface area contributed by atoms with Crippen LogP contribution in [0.2, 0.25) is 0 Å². The van der Waals surface area contributed by atoms with E-state index in [-0.39, 0.29) is 0 Å². The predicted octanol–water partition coefficient (Wildman–Crippen LogP) is 3.22. The van der Waals surface area contributed by atoms with Gasteiger partial charge < -0.3 is 9.68 Å². The van der Waals surface area contributed by atoms with Crippen LogP contribution in [0.3, 0.4) is 0 Å². The van der Waals surface area contributed by atoms with Crippen molar-refractivity contribution in [2.45, 2.75) is 24.2 Å². The molecule has 0 saturated carbocycles. The third kappa shape index (κ3) is 3.76. The molecule has 2 aromatic carbocycles. The molecule has 0 bridgehead atoms. The van der Waals surface area contributed by atoms with Gasteiger partial charge in [-0.15, -0.1) is 0 Å². The summed E-state index contributed by atoms with van der Waals surface area (Å²) in [5, 5.41) is 9.91. The zero-order valence-corrected chi connectivity index (χ0v) is 17.3. The van der Waals surface area contributed by atoms with Crippen molar-refractivity contribution in [3.05, 3.63) is 83.2 Å². The molecule has 3 heterocycles. The number of benzene rings is 2. The van der Waals surface area contributed by atoms with Crippen LogP contribution in [0, 0.1) is 0 Å². The second-order valence-electron chi connectivity index (χ2n) is 7.51. The van der Waals surface area contributed by atoms with Gasteiger partial charge in [-0.25, -0.2) is 9.97 Å². The van der Waals surface area contributed by atoms with Crippen LogP contribution in [-0.4, -0.2) is 38.7 Å². The maximum absolute atomic E-state index is 12.8. The van der Waals surface area contributed by atoms with Gasteiger partial charge in [0.1, 0.15) is 0 Å². The smallest absolute Gasteiger partial charge is 0.423 e. The van der Waals surface area contributed by atoms with Crippen LogP contribution in [0.1, 0.15) is 28.9 Å². The summed E-state index contributed by atoms with van der Waals surface area (Å²) in [6, 6.07) is 18.0. The Morgan fingerprint density at radius 2 is 1.83 bits per heavy atom. The number of nitrogens with zero attached hydrogens (tertiary/aromatic N) is 2. The van der Waals surface area contributed by atoms with Gasteiger partial charge in [-0.3, -0.25) is 4.21 Å². The Kier molecular flexibility index (Phi) is 5.33. The third-order valence-corrected chi connectivity index (χ3v) is 7.08. The van der Waals surface area contributed by atoms with Crippen LogP contribution in [0.5, 0.6) is 0 Å². The Labute approximate surface area is 178 Å².